The topological polar surface area (TPSA) is 29.1 Å². The van der Waals surface area contributed by atoms with Gasteiger partial charge >= 0.3 is 5.37 Å². The molecule has 0 aliphatic heterocycles. The van der Waals surface area contributed by atoms with Gasteiger partial charge in [0.2, 0.25) is 0 Å². The Balaban J connectivity index is 2.72. The molecular weight excluding hydrogens is 236 g/mol. The van der Waals surface area contributed by atoms with Gasteiger partial charge in [0.25, 0.3) is 0 Å². The summed E-state index contributed by atoms with van der Waals surface area (Å²) in [5, 5.41) is -0.471. The molecule has 0 heterocycles. The number of halogens is 3. The Morgan fingerprint density at radius 1 is 1.54 bits per heavy atom. The molecular formula is C7H4Cl2FNOS. The summed E-state index contributed by atoms with van der Waals surface area (Å²) in [6.07, 6.45) is 0. The molecule has 0 fully saturated rings. The second kappa shape index (κ2) is 4.69. The van der Waals surface area contributed by atoms with Crippen LogP contribution in [0.5, 0.6) is 0 Å². The molecule has 0 bridgehead atoms. The van der Waals surface area contributed by atoms with Gasteiger partial charge < -0.3 is 0 Å². The van der Waals surface area contributed by atoms with Gasteiger partial charge in [0.1, 0.15) is 5.82 Å². The van der Waals surface area contributed by atoms with Gasteiger partial charge in [-0.25, -0.2) is 4.39 Å². The standard InChI is InChI=1S/C7H4Cl2FNOS/c8-5-3-4(10)1-2-6(5)13-11-7(9)12/h1-3H,(H,11,12). The lowest BCUT2D eigenvalue weighted by molar-refractivity contribution is 0.264. The minimum atomic E-state index is -0.703. The van der Waals surface area contributed by atoms with Crippen LogP contribution < -0.4 is 4.72 Å². The Labute approximate surface area is 88.5 Å². The summed E-state index contributed by atoms with van der Waals surface area (Å²) < 4.78 is 14.8. The van der Waals surface area contributed by atoms with Crippen molar-refractivity contribution in [3.63, 3.8) is 0 Å². The Morgan fingerprint density at radius 2 is 2.23 bits per heavy atom. The minimum absolute atomic E-state index is 0.232. The van der Waals surface area contributed by atoms with Crippen molar-refractivity contribution >= 4 is 40.5 Å². The van der Waals surface area contributed by atoms with Crippen LogP contribution >= 0.6 is 35.1 Å². The van der Waals surface area contributed by atoms with Crippen LogP contribution in [0.25, 0.3) is 0 Å². The van der Waals surface area contributed by atoms with Crippen LogP contribution in [0.15, 0.2) is 23.1 Å². The van der Waals surface area contributed by atoms with Crippen molar-refractivity contribution < 1.29 is 9.18 Å². The van der Waals surface area contributed by atoms with E-state index in [2.05, 4.69) is 4.72 Å². The largest absolute Gasteiger partial charge is 0.323 e. The van der Waals surface area contributed by atoms with E-state index in [1.807, 2.05) is 0 Å². The van der Waals surface area contributed by atoms with Crippen molar-refractivity contribution in [3.8, 4) is 0 Å². The van der Waals surface area contributed by atoms with Gasteiger partial charge in [0, 0.05) is 4.90 Å². The van der Waals surface area contributed by atoms with Gasteiger partial charge in [-0.05, 0) is 41.7 Å². The number of carbonyl (C=O) groups is 1. The fourth-order valence-electron chi connectivity index (χ4n) is 0.653. The van der Waals surface area contributed by atoms with E-state index < -0.39 is 11.2 Å². The monoisotopic (exact) mass is 239 g/mol. The molecule has 1 aromatic rings. The lowest BCUT2D eigenvalue weighted by Crippen LogP contribution is -2.05. The SMILES string of the molecule is O=C(Cl)NSc1ccc(F)cc1Cl. The van der Waals surface area contributed by atoms with Gasteiger partial charge in [0.05, 0.1) is 5.02 Å². The maximum atomic E-state index is 12.5. The normalized spacial score (nSPS) is 9.77. The quantitative estimate of drug-likeness (QED) is 0.487. The Morgan fingerprint density at radius 3 is 2.77 bits per heavy atom. The van der Waals surface area contributed by atoms with Crippen molar-refractivity contribution in [2.75, 3.05) is 0 Å². The molecule has 0 aliphatic carbocycles. The van der Waals surface area contributed by atoms with Crippen molar-refractivity contribution in [2.45, 2.75) is 4.90 Å². The summed E-state index contributed by atoms with van der Waals surface area (Å²) in [5.74, 6) is -0.424. The maximum absolute atomic E-state index is 12.5. The Hall–Kier alpha value is -0.450. The number of carbonyl (C=O) groups excluding carboxylic acids is 1. The molecule has 0 atom stereocenters. The lowest BCUT2D eigenvalue weighted by Gasteiger charge is -2.02. The van der Waals surface area contributed by atoms with Gasteiger partial charge in [0.15, 0.2) is 0 Å². The number of benzene rings is 1. The van der Waals surface area contributed by atoms with E-state index in [0.29, 0.717) is 4.90 Å². The summed E-state index contributed by atoms with van der Waals surface area (Å²) in [6.45, 7) is 0. The van der Waals surface area contributed by atoms with E-state index in [-0.39, 0.29) is 5.02 Å². The van der Waals surface area contributed by atoms with Crippen LogP contribution in [0, 0.1) is 5.82 Å². The lowest BCUT2D eigenvalue weighted by atomic mass is 10.3. The molecule has 2 nitrogen and oxygen atoms in total. The van der Waals surface area contributed by atoms with Crippen LogP contribution in [0.3, 0.4) is 0 Å². The van der Waals surface area contributed by atoms with E-state index in [9.17, 15) is 9.18 Å². The first-order valence-corrected chi connectivity index (χ1v) is 4.74. The third-order valence-corrected chi connectivity index (χ3v) is 2.63. The highest BCUT2D eigenvalue weighted by Crippen LogP contribution is 2.25. The van der Waals surface area contributed by atoms with Crippen LogP contribution in [0.2, 0.25) is 5.02 Å². The van der Waals surface area contributed by atoms with Crippen molar-refractivity contribution in [1.29, 1.82) is 0 Å². The molecule has 0 aromatic heterocycles. The summed E-state index contributed by atoms with van der Waals surface area (Å²) in [5.41, 5.74) is 0. The maximum Gasteiger partial charge on any atom is 0.323 e. The Bertz CT molecular complexity index is 334. The second-order valence-electron chi connectivity index (χ2n) is 2.05. The van der Waals surface area contributed by atoms with Crippen molar-refractivity contribution in [3.05, 3.63) is 29.0 Å². The first-order chi connectivity index (χ1) is 6.09. The van der Waals surface area contributed by atoms with E-state index in [0.717, 1.165) is 18.0 Å². The summed E-state index contributed by atoms with van der Waals surface area (Å²) in [6, 6.07) is 3.86. The number of nitrogens with one attached hydrogen (secondary N) is 1. The molecule has 0 unspecified atom stereocenters. The average molecular weight is 240 g/mol. The summed E-state index contributed by atoms with van der Waals surface area (Å²) in [4.78, 5) is 10.9. The summed E-state index contributed by atoms with van der Waals surface area (Å²) >= 11 is 11.6. The third kappa shape index (κ3) is 3.42. The minimum Gasteiger partial charge on any atom is -0.282 e. The first kappa shape index (κ1) is 10.6. The zero-order chi connectivity index (χ0) is 9.84. The molecule has 0 saturated carbocycles. The van der Waals surface area contributed by atoms with E-state index in [4.69, 9.17) is 23.2 Å². The molecule has 1 aromatic carbocycles. The predicted molar refractivity (Wildman–Crippen MR) is 51.7 cm³/mol. The zero-order valence-electron chi connectivity index (χ0n) is 6.18. The number of hydrogen-bond donors (Lipinski definition) is 1. The molecule has 1 rings (SSSR count). The Kier molecular flexibility index (Phi) is 3.84. The average Bonchev–Trinajstić information content (AvgIpc) is 2.02. The van der Waals surface area contributed by atoms with E-state index >= 15 is 0 Å². The molecule has 1 N–H and O–H groups in total. The first-order valence-electron chi connectivity index (χ1n) is 3.17. The van der Waals surface area contributed by atoms with E-state index in [1.165, 1.54) is 12.1 Å². The van der Waals surface area contributed by atoms with Crippen LogP contribution in [0.4, 0.5) is 9.18 Å². The number of amides is 1. The van der Waals surface area contributed by atoms with Gasteiger partial charge in [-0.2, -0.15) is 0 Å². The highest BCUT2D eigenvalue weighted by Gasteiger charge is 2.03. The number of hydrogen-bond acceptors (Lipinski definition) is 2. The molecule has 6 heteroatoms. The molecule has 0 saturated heterocycles. The van der Waals surface area contributed by atoms with Gasteiger partial charge in [-0.1, -0.05) is 11.6 Å². The second-order valence-corrected chi connectivity index (χ2v) is 3.65. The molecule has 0 radical (unpaired) electrons. The zero-order valence-corrected chi connectivity index (χ0v) is 8.51. The van der Waals surface area contributed by atoms with Crippen molar-refractivity contribution in [2.24, 2.45) is 0 Å². The molecule has 0 spiro atoms. The van der Waals surface area contributed by atoms with Crippen LogP contribution in [-0.4, -0.2) is 5.37 Å². The third-order valence-electron chi connectivity index (χ3n) is 1.14. The highest BCUT2D eigenvalue weighted by molar-refractivity contribution is 7.98. The highest BCUT2D eigenvalue weighted by atomic mass is 35.5. The van der Waals surface area contributed by atoms with Crippen molar-refractivity contribution in [1.82, 2.24) is 4.72 Å². The van der Waals surface area contributed by atoms with E-state index in [1.54, 1.807) is 0 Å². The summed E-state index contributed by atoms with van der Waals surface area (Å²) in [7, 11) is 0. The molecule has 0 aliphatic rings. The fraction of sp³-hybridized carbons (Fsp3) is 0. The molecule has 1 amide bonds. The van der Waals surface area contributed by atoms with Gasteiger partial charge in [-0.15, -0.1) is 0 Å². The number of rotatable bonds is 2. The van der Waals surface area contributed by atoms with Crippen LogP contribution in [0.1, 0.15) is 0 Å². The predicted octanol–water partition coefficient (Wildman–Crippen LogP) is 3.43. The molecule has 13 heavy (non-hydrogen) atoms. The van der Waals surface area contributed by atoms with Crippen LogP contribution in [-0.2, 0) is 0 Å². The fourth-order valence-corrected chi connectivity index (χ4v) is 1.53. The smallest absolute Gasteiger partial charge is 0.282 e. The van der Waals surface area contributed by atoms with Gasteiger partial charge in [-0.3, -0.25) is 9.52 Å². The molecule has 70 valence electrons.